The third-order valence-electron chi connectivity index (χ3n) is 3.12. The quantitative estimate of drug-likeness (QED) is 0.722. The molecule has 0 saturated carbocycles. The normalized spacial score (nSPS) is 10.5. The molecule has 110 valence electrons. The van der Waals surface area contributed by atoms with Crippen LogP contribution < -0.4 is 11.1 Å². The molecule has 0 atom stereocenters. The smallest absolute Gasteiger partial charge is 0.340 e. The molecule has 0 heterocycles. The van der Waals surface area contributed by atoms with Gasteiger partial charge in [-0.25, -0.2) is 9.18 Å². The van der Waals surface area contributed by atoms with Crippen LogP contribution in [-0.4, -0.2) is 11.1 Å². The summed E-state index contributed by atoms with van der Waals surface area (Å²) in [5.74, 6) is -2.03. The van der Waals surface area contributed by atoms with Gasteiger partial charge >= 0.3 is 5.97 Å². The van der Waals surface area contributed by atoms with Crippen LogP contribution in [0.1, 0.15) is 21.5 Å². The molecule has 2 aromatic carbocycles. The van der Waals surface area contributed by atoms with Crippen LogP contribution in [-0.2, 0) is 0 Å². The third-order valence-corrected chi connectivity index (χ3v) is 4.37. The zero-order chi connectivity index (χ0) is 15.7. The Kier molecular flexibility index (Phi) is 4.18. The number of carboxylic acids is 1. The van der Waals surface area contributed by atoms with Gasteiger partial charge in [0.15, 0.2) is 0 Å². The maximum atomic E-state index is 13.4. The number of anilines is 3. The zero-order valence-corrected chi connectivity index (χ0v) is 13.1. The minimum absolute atomic E-state index is 0.252. The predicted molar refractivity (Wildman–Crippen MR) is 84.7 cm³/mol. The summed E-state index contributed by atoms with van der Waals surface area (Å²) < 4.78 is 14.4. The summed E-state index contributed by atoms with van der Waals surface area (Å²) in [5.41, 5.74) is 7.84. The first-order chi connectivity index (χ1) is 9.81. The van der Waals surface area contributed by atoms with Crippen molar-refractivity contribution in [2.75, 3.05) is 11.1 Å². The number of nitrogens with two attached hydrogens (primary N) is 1. The average Bonchev–Trinajstić information content (AvgIpc) is 2.40. The molecule has 4 N–H and O–H groups in total. The highest BCUT2D eigenvalue weighted by atomic mass is 79.9. The van der Waals surface area contributed by atoms with Gasteiger partial charge in [-0.3, -0.25) is 0 Å². The highest BCUT2D eigenvalue weighted by molar-refractivity contribution is 9.10. The van der Waals surface area contributed by atoms with E-state index in [4.69, 9.17) is 5.73 Å². The predicted octanol–water partition coefficient (Wildman–Crippen LogP) is 4.23. The Morgan fingerprint density at radius 2 is 1.86 bits per heavy atom. The molecule has 0 saturated heterocycles. The number of hydrogen-bond acceptors (Lipinski definition) is 3. The van der Waals surface area contributed by atoms with Gasteiger partial charge in [-0.1, -0.05) is 15.9 Å². The van der Waals surface area contributed by atoms with Crippen molar-refractivity contribution < 1.29 is 14.3 Å². The zero-order valence-electron chi connectivity index (χ0n) is 11.5. The van der Waals surface area contributed by atoms with E-state index in [0.29, 0.717) is 5.69 Å². The number of carboxylic acid groups (broad SMARTS) is 1. The third kappa shape index (κ3) is 3.00. The largest absolute Gasteiger partial charge is 0.478 e. The molecule has 0 aliphatic rings. The second kappa shape index (κ2) is 5.73. The van der Waals surface area contributed by atoms with Gasteiger partial charge in [0.25, 0.3) is 0 Å². The van der Waals surface area contributed by atoms with Crippen LogP contribution >= 0.6 is 15.9 Å². The second-order valence-corrected chi connectivity index (χ2v) is 5.53. The fourth-order valence-corrected chi connectivity index (χ4v) is 2.33. The number of nitrogen functional groups attached to an aromatic ring is 1. The van der Waals surface area contributed by atoms with E-state index in [-0.39, 0.29) is 16.9 Å². The summed E-state index contributed by atoms with van der Waals surface area (Å²) in [6.45, 7) is 3.86. The molecule has 6 heteroatoms. The van der Waals surface area contributed by atoms with Crippen LogP contribution in [0.2, 0.25) is 0 Å². The summed E-state index contributed by atoms with van der Waals surface area (Å²) in [6.07, 6.45) is 0. The Morgan fingerprint density at radius 3 is 2.38 bits per heavy atom. The second-order valence-electron chi connectivity index (χ2n) is 4.74. The Balaban J connectivity index is 2.50. The van der Waals surface area contributed by atoms with Crippen molar-refractivity contribution >= 4 is 39.0 Å². The lowest BCUT2D eigenvalue weighted by Crippen LogP contribution is -2.09. The number of aromatic carboxylic acids is 1. The van der Waals surface area contributed by atoms with Gasteiger partial charge in [0, 0.05) is 10.2 Å². The molecule has 0 aliphatic heterocycles. The fourth-order valence-electron chi connectivity index (χ4n) is 2.10. The maximum Gasteiger partial charge on any atom is 0.340 e. The number of rotatable bonds is 3. The highest BCUT2D eigenvalue weighted by Gasteiger charge is 2.17. The first kappa shape index (κ1) is 15.3. The molecule has 0 aromatic heterocycles. The van der Waals surface area contributed by atoms with Gasteiger partial charge in [-0.2, -0.15) is 0 Å². The number of carbonyl (C=O) groups is 1. The molecular weight excluding hydrogens is 339 g/mol. The Bertz CT molecular complexity index is 709. The van der Waals surface area contributed by atoms with Crippen LogP contribution in [0.3, 0.4) is 0 Å². The fraction of sp³-hybridized carbons (Fsp3) is 0.133. The van der Waals surface area contributed by atoms with Gasteiger partial charge in [0.1, 0.15) is 11.4 Å². The van der Waals surface area contributed by atoms with Crippen molar-refractivity contribution in [1.82, 2.24) is 0 Å². The molecule has 0 fully saturated rings. The molecule has 4 nitrogen and oxygen atoms in total. The molecule has 0 amide bonds. The molecule has 21 heavy (non-hydrogen) atoms. The number of halogens is 2. The molecule has 0 aliphatic carbocycles. The number of aryl methyl sites for hydroxylation is 2. The topological polar surface area (TPSA) is 75.3 Å². The van der Waals surface area contributed by atoms with E-state index >= 15 is 0 Å². The first-order valence-corrected chi connectivity index (χ1v) is 6.95. The van der Waals surface area contributed by atoms with Gasteiger partial charge < -0.3 is 16.2 Å². The van der Waals surface area contributed by atoms with Crippen molar-refractivity contribution in [3.63, 3.8) is 0 Å². The lowest BCUT2D eigenvalue weighted by molar-refractivity contribution is 0.0698. The number of hydrogen-bond donors (Lipinski definition) is 3. The lowest BCUT2D eigenvalue weighted by Gasteiger charge is -2.14. The van der Waals surface area contributed by atoms with Crippen LogP contribution in [0.15, 0.2) is 28.7 Å². The average molecular weight is 353 g/mol. The van der Waals surface area contributed by atoms with E-state index in [2.05, 4.69) is 21.2 Å². The Hall–Kier alpha value is -2.08. The summed E-state index contributed by atoms with van der Waals surface area (Å²) in [7, 11) is 0. The van der Waals surface area contributed by atoms with E-state index in [9.17, 15) is 14.3 Å². The van der Waals surface area contributed by atoms with Gasteiger partial charge in [0.05, 0.1) is 11.4 Å². The molecule has 2 rings (SSSR count). The van der Waals surface area contributed by atoms with Crippen LogP contribution in [0.4, 0.5) is 21.5 Å². The molecular formula is C15H14BrFN2O2. The molecule has 0 bridgehead atoms. The minimum atomic E-state index is -1.28. The Labute approximate surface area is 129 Å². The van der Waals surface area contributed by atoms with E-state index in [1.807, 2.05) is 26.0 Å². The van der Waals surface area contributed by atoms with Gasteiger partial charge in [0.2, 0.25) is 0 Å². The minimum Gasteiger partial charge on any atom is -0.478 e. The summed E-state index contributed by atoms with van der Waals surface area (Å²) >= 11 is 3.47. The molecule has 0 radical (unpaired) electrons. The van der Waals surface area contributed by atoms with Crippen molar-refractivity contribution in [2.45, 2.75) is 13.8 Å². The van der Waals surface area contributed by atoms with Crippen molar-refractivity contribution in [1.29, 1.82) is 0 Å². The molecule has 2 aromatic rings. The lowest BCUT2D eigenvalue weighted by atomic mass is 10.1. The first-order valence-electron chi connectivity index (χ1n) is 6.16. The van der Waals surface area contributed by atoms with E-state index in [0.717, 1.165) is 21.7 Å². The number of nitrogens with one attached hydrogen (secondary N) is 1. The maximum absolute atomic E-state index is 13.4. The van der Waals surface area contributed by atoms with Crippen LogP contribution in [0, 0.1) is 19.7 Å². The van der Waals surface area contributed by atoms with Gasteiger partial charge in [-0.15, -0.1) is 0 Å². The summed E-state index contributed by atoms with van der Waals surface area (Å²) in [4.78, 5) is 11.3. The van der Waals surface area contributed by atoms with E-state index in [1.165, 1.54) is 6.07 Å². The van der Waals surface area contributed by atoms with E-state index < -0.39 is 11.8 Å². The van der Waals surface area contributed by atoms with Crippen molar-refractivity contribution in [3.05, 3.63) is 51.2 Å². The number of benzene rings is 2. The Morgan fingerprint density at radius 1 is 1.29 bits per heavy atom. The van der Waals surface area contributed by atoms with Gasteiger partial charge in [-0.05, 0) is 49.2 Å². The highest BCUT2D eigenvalue weighted by Crippen LogP contribution is 2.31. The van der Waals surface area contributed by atoms with Crippen molar-refractivity contribution in [3.8, 4) is 0 Å². The van der Waals surface area contributed by atoms with Crippen molar-refractivity contribution in [2.24, 2.45) is 0 Å². The van der Waals surface area contributed by atoms with Crippen LogP contribution in [0.5, 0.6) is 0 Å². The summed E-state index contributed by atoms with van der Waals surface area (Å²) in [5, 5.41) is 12.2. The monoisotopic (exact) mass is 352 g/mol. The SMILES string of the molecule is Cc1cc(Nc2ccc(F)c(N)c2C(=O)O)cc(C)c1Br. The standard InChI is InChI=1S/C15H14BrFN2O2/c1-7-5-9(6-8(2)13(7)16)19-11-4-3-10(17)14(18)12(11)15(20)21/h3-6,19H,18H2,1-2H3,(H,20,21). The van der Waals surface area contributed by atoms with Crippen LogP contribution in [0.25, 0.3) is 0 Å². The van der Waals surface area contributed by atoms with E-state index in [1.54, 1.807) is 0 Å². The molecule has 0 unspecified atom stereocenters. The summed E-state index contributed by atoms with van der Waals surface area (Å²) in [6, 6.07) is 6.23. The molecule has 0 spiro atoms.